The second kappa shape index (κ2) is 11.5. The molecule has 1 saturated heterocycles. The van der Waals surface area contributed by atoms with Crippen molar-refractivity contribution in [3.8, 4) is 0 Å². The molecule has 30 heavy (non-hydrogen) atoms. The van der Waals surface area contributed by atoms with Crippen LogP contribution in [0.4, 0.5) is 0 Å². The molecule has 0 spiro atoms. The van der Waals surface area contributed by atoms with Crippen LogP contribution in [0.5, 0.6) is 0 Å². The minimum atomic E-state index is -0.256. The molecule has 0 atom stereocenters. The van der Waals surface area contributed by atoms with Crippen LogP contribution < -0.4 is 0 Å². The number of hydrogen-bond acceptors (Lipinski definition) is 4. The first kappa shape index (κ1) is 22.8. The summed E-state index contributed by atoms with van der Waals surface area (Å²) < 4.78 is 5.03. The van der Waals surface area contributed by atoms with Gasteiger partial charge < -0.3 is 9.64 Å². The van der Waals surface area contributed by atoms with Gasteiger partial charge in [-0.2, -0.15) is 0 Å². The van der Waals surface area contributed by atoms with Crippen molar-refractivity contribution in [2.75, 3.05) is 45.9 Å². The van der Waals surface area contributed by atoms with E-state index < -0.39 is 0 Å². The molecule has 4 nitrogen and oxygen atoms in total. The van der Waals surface area contributed by atoms with E-state index in [0.29, 0.717) is 22.2 Å². The predicted molar refractivity (Wildman–Crippen MR) is 124 cm³/mol. The van der Waals surface area contributed by atoms with Gasteiger partial charge in [0.25, 0.3) is 0 Å². The Balaban J connectivity index is 1.37. The first-order valence-corrected chi connectivity index (χ1v) is 11.1. The van der Waals surface area contributed by atoms with Gasteiger partial charge in [-0.3, -0.25) is 4.90 Å². The maximum Gasteiger partial charge on any atom is 0.338 e. The number of nitrogens with zero attached hydrogens (tertiary/aromatic N) is 2. The molecule has 0 radical (unpaired) electrons. The number of carbonyl (C=O) groups excluding carboxylic acids is 1. The van der Waals surface area contributed by atoms with E-state index in [2.05, 4.69) is 22.0 Å². The molecule has 0 N–H and O–H groups in total. The minimum absolute atomic E-state index is 0.256. The van der Waals surface area contributed by atoms with Gasteiger partial charge in [0.2, 0.25) is 0 Å². The maximum absolute atomic E-state index is 11.7. The molecule has 3 rings (SSSR count). The Bertz CT molecular complexity index is 860. The predicted octanol–water partition coefficient (Wildman–Crippen LogP) is 5.04. The SMILES string of the molecule is CCOC(=O)c1ccc(CCN2CCN(CC=Cc3ccc(Cl)c(Cl)c3)CC2)cc1. The minimum Gasteiger partial charge on any atom is -0.462 e. The van der Waals surface area contributed by atoms with E-state index in [1.54, 1.807) is 0 Å². The lowest BCUT2D eigenvalue weighted by atomic mass is 10.1. The van der Waals surface area contributed by atoms with Crippen LogP contribution in [-0.4, -0.2) is 61.6 Å². The quantitative estimate of drug-likeness (QED) is 0.531. The molecule has 0 aliphatic carbocycles. The first-order chi connectivity index (χ1) is 14.5. The number of halogens is 2. The number of esters is 1. The summed E-state index contributed by atoms with van der Waals surface area (Å²) in [5.41, 5.74) is 2.93. The van der Waals surface area contributed by atoms with E-state index in [0.717, 1.165) is 51.3 Å². The van der Waals surface area contributed by atoms with E-state index in [4.69, 9.17) is 27.9 Å². The van der Waals surface area contributed by atoms with Gasteiger partial charge in [0.1, 0.15) is 0 Å². The van der Waals surface area contributed by atoms with Crippen LogP contribution in [0.15, 0.2) is 48.5 Å². The molecular formula is C24H28Cl2N2O2. The topological polar surface area (TPSA) is 32.8 Å². The summed E-state index contributed by atoms with van der Waals surface area (Å²) in [4.78, 5) is 16.7. The molecule has 1 heterocycles. The number of ether oxygens (including phenoxy) is 1. The van der Waals surface area contributed by atoms with E-state index in [9.17, 15) is 4.79 Å². The molecule has 6 heteroatoms. The number of carbonyl (C=O) groups is 1. The fraction of sp³-hybridized carbons (Fsp3) is 0.375. The molecule has 2 aromatic rings. The van der Waals surface area contributed by atoms with E-state index in [1.807, 2.05) is 49.4 Å². The molecule has 1 aliphatic heterocycles. The molecule has 1 aliphatic rings. The highest BCUT2D eigenvalue weighted by Gasteiger charge is 2.15. The van der Waals surface area contributed by atoms with Crippen molar-refractivity contribution in [2.45, 2.75) is 13.3 Å². The Labute approximate surface area is 189 Å². The highest BCUT2D eigenvalue weighted by molar-refractivity contribution is 6.42. The normalized spacial score (nSPS) is 15.6. The highest BCUT2D eigenvalue weighted by atomic mass is 35.5. The summed E-state index contributed by atoms with van der Waals surface area (Å²) in [6.07, 6.45) is 5.26. The van der Waals surface area contributed by atoms with Gasteiger partial charge in [-0.05, 0) is 48.7 Å². The molecule has 0 saturated carbocycles. The van der Waals surface area contributed by atoms with Crippen LogP contribution in [0.25, 0.3) is 6.08 Å². The zero-order valence-corrected chi connectivity index (χ0v) is 18.8. The third-order valence-corrected chi connectivity index (χ3v) is 6.00. The van der Waals surface area contributed by atoms with Gasteiger partial charge >= 0.3 is 5.97 Å². The van der Waals surface area contributed by atoms with E-state index >= 15 is 0 Å². The molecule has 160 valence electrons. The van der Waals surface area contributed by atoms with Crippen molar-refractivity contribution < 1.29 is 9.53 Å². The molecule has 0 aromatic heterocycles. The summed E-state index contributed by atoms with van der Waals surface area (Å²) >= 11 is 12.0. The summed E-state index contributed by atoms with van der Waals surface area (Å²) in [7, 11) is 0. The largest absolute Gasteiger partial charge is 0.462 e. The van der Waals surface area contributed by atoms with Gasteiger partial charge in [-0.1, -0.05) is 53.6 Å². The van der Waals surface area contributed by atoms with Crippen LogP contribution >= 0.6 is 23.2 Å². The van der Waals surface area contributed by atoms with Crippen LogP contribution in [0.1, 0.15) is 28.4 Å². The number of rotatable bonds is 8. The highest BCUT2D eigenvalue weighted by Crippen LogP contribution is 2.23. The zero-order valence-electron chi connectivity index (χ0n) is 17.3. The Morgan fingerprint density at radius 3 is 2.37 bits per heavy atom. The lowest BCUT2D eigenvalue weighted by molar-refractivity contribution is 0.0526. The summed E-state index contributed by atoms with van der Waals surface area (Å²) in [6, 6.07) is 13.4. The van der Waals surface area contributed by atoms with Crippen molar-refractivity contribution in [1.29, 1.82) is 0 Å². The Kier molecular flexibility index (Phi) is 8.76. The van der Waals surface area contributed by atoms with Crippen molar-refractivity contribution >= 4 is 35.2 Å². The summed E-state index contributed by atoms with van der Waals surface area (Å²) in [6.45, 7) is 8.45. The fourth-order valence-corrected chi connectivity index (χ4v) is 3.77. The third-order valence-electron chi connectivity index (χ3n) is 5.26. The average Bonchev–Trinajstić information content (AvgIpc) is 2.76. The van der Waals surface area contributed by atoms with Crippen LogP contribution in [0.2, 0.25) is 10.0 Å². The van der Waals surface area contributed by atoms with Gasteiger partial charge in [-0.15, -0.1) is 0 Å². The fourth-order valence-electron chi connectivity index (χ4n) is 3.46. The molecule has 0 bridgehead atoms. The maximum atomic E-state index is 11.7. The summed E-state index contributed by atoms with van der Waals surface area (Å²) in [5.74, 6) is -0.256. The number of benzene rings is 2. The molecule has 2 aromatic carbocycles. The second-order valence-electron chi connectivity index (χ2n) is 7.39. The van der Waals surface area contributed by atoms with Crippen LogP contribution in [0, 0.1) is 0 Å². The van der Waals surface area contributed by atoms with Crippen molar-refractivity contribution in [3.05, 3.63) is 75.3 Å². The Morgan fingerprint density at radius 1 is 1.00 bits per heavy atom. The van der Waals surface area contributed by atoms with E-state index in [-0.39, 0.29) is 5.97 Å². The monoisotopic (exact) mass is 446 g/mol. The molecule has 0 amide bonds. The van der Waals surface area contributed by atoms with Gasteiger partial charge in [-0.25, -0.2) is 4.79 Å². The lowest BCUT2D eigenvalue weighted by Crippen LogP contribution is -2.46. The Hall–Kier alpha value is -1.85. The zero-order chi connectivity index (χ0) is 21.3. The van der Waals surface area contributed by atoms with E-state index in [1.165, 1.54) is 5.56 Å². The first-order valence-electron chi connectivity index (χ1n) is 10.4. The average molecular weight is 447 g/mol. The smallest absolute Gasteiger partial charge is 0.338 e. The molecular weight excluding hydrogens is 419 g/mol. The van der Waals surface area contributed by atoms with Gasteiger partial charge in [0, 0.05) is 39.3 Å². The molecule has 0 unspecified atom stereocenters. The third kappa shape index (κ3) is 6.85. The Morgan fingerprint density at radius 2 is 1.70 bits per heavy atom. The molecule has 1 fully saturated rings. The number of hydrogen-bond donors (Lipinski definition) is 0. The lowest BCUT2D eigenvalue weighted by Gasteiger charge is -2.34. The van der Waals surface area contributed by atoms with Crippen LogP contribution in [0.3, 0.4) is 0 Å². The second-order valence-corrected chi connectivity index (χ2v) is 8.20. The summed E-state index contributed by atoms with van der Waals surface area (Å²) in [5, 5.41) is 1.17. The van der Waals surface area contributed by atoms with Crippen molar-refractivity contribution in [3.63, 3.8) is 0 Å². The van der Waals surface area contributed by atoms with Crippen molar-refractivity contribution in [1.82, 2.24) is 9.80 Å². The van der Waals surface area contributed by atoms with Crippen LogP contribution in [-0.2, 0) is 11.2 Å². The standard InChI is InChI=1S/C24H28Cl2N2O2/c1-2-30-24(29)21-8-5-19(6-9-21)11-13-28-16-14-27(15-17-28)12-3-4-20-7-10-22(25)23(26)18-20/h3-10,18H,2,11-17H2,1H3. The number of piperazine rings is 1. The van der Waals surface area contributed by atoms with Gasteiger partial charge in [0.15, 0.2) is 0 Å². The van der Waals surface area contributed by atoms with Gasteiger partial charge in [0.05, 0.1) is 22.2 Å². The van der Waals surface area contributed by atoms with Crippen molar-refractivity contribution in [2.24, 2.45) is 0 Å².